The molecule has 1 amide bonds. The van der Waals surface area contributed by atoms with Gasteiger partial charge in [-0.2, -0.15) is 0 Å². The predicted octanol–water partition coefficient (Wildman–Crippen LogP) is 3.38. The van der Waals surface area contributed by atoms with Crippen LogP contribution in [0.2, 0.25) is 0 Å². The van der Waals surface area contributed by atoms with E-state index in [0.717, 1.165) is 70.8 Å². The molecule has 6 rings (SSSR count). The minimum Gasteiger partial charge on any atom is -0.393 e. The molecule has 2 aliphatic rings. The second kappa shape index (κ2) is 9.37. The Morgan fingerprint density at radius 1 is 1.17 bits per heavy atom. The lowest BCUT2D eigenvalue weighted by molar-refractivity contribution is -0.132. The van der Waals surface area contributed by atoms with Gasteiger partial charge in [0.2, 0.25) is 5.91 Å². The van der Waals surface area contributed by atoms with E-state index in [9.17, 15) is 9.90 Å². The van der Waals surface area contributed by atoms with Crippen molar-refractivity contribution in [2.24, 2.45) is 0 Å². The van der Waals surface area contributed by atoms with Crippen molar-refractivity contribution in [3.8, 4) is 0 Å². The number of fused-ring (bicyclic) bond motifs is 2. The fraction of sp³-hybridized carbons (Fsp3) is 0.360. The molecule has 10 heteroatoms. The third-order valence-electron chi connectivity index (χ3n) is 6.84. The number of nitrogens with one attached hydrogen (secondary N) is 2. The van der Waals surface area contributed by atoms with Crippen LogP contribution >= 0.6 is 11.3 Å². The molecule has 9 nitrogen and oxygen atoms in total. The zero-order valence-corrected chi connectivity index (χ0v) is 20.1. The Hall–Kier alpha value is -3.34. The number of anilines is 2. The van der Waals surface area contributed by atoms with Crippen LogP contribution < -0.4 is 5.32 Å². The van der Waals surface area contributed by atoms with E-state index < -0.39 is 0 Å². The molecule has 180 valence electrons. The molecule has 0 saturated carbocycles. The fourth-order valence-electron chi connectivity index (χ4n) is 4.79. The number of carbonyl (C=O) groups excluding carboxylic acids is 1. The van der Waals surface area contributed by atoms with Gasteiger partial charge in [-0.15, -0.1) is 11.3 Å². The molecule has 2 aliphatic heterocycles. The molecular weight excluding hydrogens is 462 g/mol. The number of hydrogen-bond donors (Lipinski definition) is 3. The van der Waals surface area contributed by atoms with Crippen molar-refractivity contribution in [3.63, 3.8) is 0 Å². The smallest absolute Gasteiger partial charge is 0.237 e. The Kier molecular flexibility index (Phi) is 5.93. The van der Waals surface area contributed by atoms with Crippen LogP contribution in [-0.4, -0.2) is 79.6 Å². The molecule has 3 aromatic heterocycles. The van der Waals surface area contributed by atoms with Crippen LogP contribution in [0.3, 0.4) is 0 Å². The molecule has 1 saturated heterocycles. The molecule has 3 N–H and O–H groups in total. The number of aromatic amines is 1. The average Bonchev–Trinajstić information content (AvgIpc) is 3.53. The molecular formula is C25H27N7O2S. The lowest BCUT2D eigenvalue weighted by Crippen LogP contribution is -2.45. The van der Waals surface area contributed by atoms with Gasteiger partial charge in [0.25, 0.3) is 0 Å². The first-order valence-corrected chi connectivity index (χ1v) is 12.8. The van der Waals surface area contributed by atoms with Gasteiger partial charge < -0.3 is 20.3 Å². The van der Waals surface area contributed by atoms with E-state index in [-0.39, 0.29) is 12.0 Å². The summed E-state index contributed by atoms with van der Waals surface area (Å²) >= 11 is 1.61. The van der Waals surface area contributed by atoms with Crippen LogP contribution in [0.1, 0.15) is 25.0 Å². The topological polar surface area (TPSA) is 110 Å². The van der Waals surface area contributed by atoms with Crippen LogP contribution in [-0.2, 0) is 4.79 Å². The molecule has 4 aromatic rings. The van der Waals surface area contributed by atoms with Crippen molar-refractivity contribution in [3.05, 3.63) is 47.9 Å². The van der Waals surface area contributed by atoms with Gasteiger partial charge in [0.05, 0.1) is 33.8 Å². The molecule has 1 fully saturated rings. The Bertz CT molecular complexity index is 1400. The monoisotopic (exact) mass is 489 g/mol. The van der Waals surface area contributed by atoms with E-state index in [1.165, 1.54) is 5.57 Å². The SMILES string of the molecule is O=C(CN1CCC(O)CC1)N1CC=C(c2cc3c(Nc4ccc5ncsc5c4)ncnc3[nH]2)CC1. The van der Waals surface area contributed by atoms with E-state index in [1.807, 2.05) is 22.5 Å². The second-order valence-corrected chi connectivity index (χ2v) is 10.0. The van der Waals surface area contributed by atoms with Crippen LogP contribution in [0.4, 0.5) is 11.5 Å². The van der Waals surface area contributed by atoms with Crippen LogP contribution in [0, 0.1) is 0 Å². The molecule has 0 spiro atoms. The maximum atomic E-state index is 12.8. The minimum atomic E-state index is -0.222. The van der Waals surface area contributed by atoms with Gasteiger partial charge >= 0.3 is 0 Å². The number of carbonyl (C=O) groups is 1. The van der Waals surface area contributed by atoms with E-state index in [2.05, 4.69) is 48.4 Å². The van der Waals surface area contributed by atoms with Gasteiger partial charge in [0.1, 0.15) is 17.8 Å². The summed E-state index contributed by atoms with van der Waals surface area (Å²) in [6.45, 7) is 3.30. The van der Waals surface area contributed by atoms with E-state index in [4.69, 9.17) is 0 Å². The first-order valence-electron chi connectivity index (χ1n) is 11.9. The van der Waals surface area contributed by atoms with Crippen molar-refractivity contribution < 1.29 is 9.90 Å². The van der Waals surface area contributed by atoms with Crippen molar-refractivity contribution >= 4 is 55.6 Å². The van der Waals surface area contributed by atoms with Gasteiger partial charge in [0, 0.05) is 37.6 Å². The number of rotatable bonds is 5. The Balaban J connectivity index is 1.15. The van der Waals surface area contributed by atoms with Crippen molar-refractivity contribution in [2.75, 3.05) is 38.0 Å². The summed E-state index contributed by atoms with van der Waals surface area (Å²) in [6.07, 6.45) is 5.75. The maximum Gasteiger partial charge on any atom is 0.237 e. The van der Waals surface area contributed by atoms with Gasteiger partial charge in [-0.05, 0) is 49.1 Å². The number of aromatic nitrogens is 4. The molecule has 35 heavy (non-hydrogen) atoms. The number of amides is 1. The molecule has 5 heterocycles. The van der Waals surface area contributed by atoms with Gasteiger partial charge in [-0.25, -0.2) is 15.0 Å². The maximum absolute atomic E-state index is 12.8. The largest absolute Gasteiger partial charge is 0.393 e. The highest BCUT2D eigenvalue weighted by Crippen LogP contribution is 2.30. The lowest BCUT2D eigenvalue weighted by atomic mass is 10.0. The third kappa shape index (κ3) is 4.64. The van der Waals surface area contributed by atoms with E-state index in [1.54, 1.807) is 17.7 Å². The number of benzene rings is 1. The Morgan fingerprint density at radius 3 is 2.89 bits per heavy atom. The molecule has 1 aromatic carbocycles. The number of piperidine rings is 1. The Labute approximate surface area is 206 Å². The standard InChI is InChI=1S/C25H27N7O2S/c33-18-5-7-31(8-6-18)13-23(34)32-9-3-16(4-10-32)21-12-19-24(26-14-27-25(19)30-21)29-17-1-2-20-22(11-17)35-15-28-20/h1-3,11-12,14-15,18,33H,4-10,13H2,(H2,26,27,29,30). The summed E-state index contributed by atoms with van der Waals surface area (Å²) in [5, 5.41) is 14.0. The summed E-state index contributed by atoms with van der Waals surface area (Å²) in [7, 11) is 0. The number of aliphatic hydroxyl groups excluding tert-OH is 1. The second-order valence-electron chi connectivity index (χ2n) is 9.15. The third-order valence-corrected chi connectivity index (χ3v) is 7.64. The van der Waals surface area contributed by atoms with Crippen LogP contribution in [0.15, 0.2) is 42.2 Å². The van der Waals surface area contributed by atoms with E-state index in [0.29, 0.717) is 19.6 Å². The van der Waals surface area contributed by atoms with Crippen molar-refractivity contribution in [1.29, 1.82) is 0 Å². The van der Waals surface area contributed by atoms with Gasteiger partial charge in [-0.1, -0.05) is 6.08 Å². The minimum absolute atomic E-state index is 0.156. The zero-order valence-electron chi connectivity index (χ0n) is 19.3. The average molecular weight is 490 g/mol. The first-order chi connectivity index (χ1) is 17.1. The molecule has 0 atom stereocenters. The van der Waals surface area contributed by atoms with Gasteiger partial charge in [-0.3, -0.25) is 9.69 Å². The van der Waals surface area contributed by atoms with Gasteiger partial charge in [0.15, 0.2) is 0 Å². The summed E-state index contributed by atoms with van der Waals surface area (Å²) in [5.41, 5.74) is 6.77. The number of thiazole rings is 1. The van der Waals surface area contributed by atoms with E-state index >= 15 is 0 Å². The predicted molar refractivity (Wildman–Crippen MR) is 138 cm³/mol. The first kappa shape index (κ1) is 22.1. The summed E-state index contributed by atoms with van der Waals surface area (Å²) in [4.78, 5) is 33.5. The molecule has 0 unspecified atom stereocenters. The van der Waals surface area contributed by atoms with Crippen molar-refractivity contribution in [2.45, 2.75) is 25.4 Å². The zero-order chi connectivity index (χ0) is 23.8. The van der Waals surface area contributed by atoms with Crippen molar-refractivity contribution in [1.82, 2.24) is 29.7 Å². The normalized spacial score (nSPS) is 17.7. The number of aliphatic hydroxyl groups is 1. The number of nitrogens with zero attached hydrogens (tertiary/aromatic N) is 5. The highest BCUT2D eigenvalue weighted by molar-refractivity contribution is 7.16. The number of likely N-dealkylation sites (tertiary alicyclic amines) is 1. The molecule has 0 radical (unpaired) electrons. The highest BCUT2D eigenvalue weighted by atomic mass is 32.1. The van der Waals surface area contributed by atoms with Crippen LogP contribution in [0.25, 0.3) is 26.8 Å². The summed E-state index contributed by atoms with van der Waals surface area (Å²) in [6, 6.07) is 8.18. The number of H-pyrrole nitrogens is 1. The Morgan fingerprint density at radius 2 is 2.06 bits per heavy atom. The summed E-state index contributed by atoms with van der Waals surface area (Å²) < 4.78 is 1.12. The molecule has 0 aliphatic carbocycles. The lowest BCUT2D eigenvalue weighted by Gasteiger charge is -2.32. The number of hydrogen-bond acceptors (Lipinski definition) is 8. The molecule has 0 bridgehead atoms. The highest BCUT2D eigenvalue weighted by Gasteiger charge is 2.24. The quantitative estimate of drug-likeness (QED) is 0.394. The van der Waals surface area contributed by atoms with Crippen LogP contribution in [0.5, 0.6) is 0 Å². The fourth-order valence-corrected chi connectivity index (χ4v) is 5.51. The summed E-state index contributed by atoms with van der Waals surface area (Å²) in [5.74, 6) is 0.907.